The number of aliphatic hydroxyl groups is 1. The average molecular weight is 512 g/mol. The van der Waals surface area contributed by atoms with E-state index in [4.69, 9.17) is 9.47 Å². The molecule has 3 aliphatic heterocycles. The molecule has 0 radical (unpaired) electrons. The molecule has 5 rings (SSSR count). The number of carbonyl (C=O) groups excluding carboxylic acids is 3. The van der Waals surface area contributed by atoms with E-state index in [-0.39, 0.29) is 44.8 Å². The van der Waals surface area contributed by atoms with E-state index in [1.807, 2.05) is 24.3 Å². The summed E-state index contributed by atoms with van der Waals surface area (Å²) >= 11 is 0. The molecule has 2 aromatic rings. The molecule has 5 atom stereocenters. The van der Waals surface area contributed by atoms with Crippen LogP contribution in [0, 0.1) is 11.8 Å². The fraction of sp³-hybridized carbons (Fsp3) is 0.577. The molecule has 198 valence electrons. The van der Waals surface area contributed by atoms with Gasteiger partial charge in [0.2, 0.25) is 11.8 Å². The van der Waals surface area contributed by atoms with Crippen LogP contribution in [0.2, 0.25) is 0 Å². The number of aliphatic hydroxyl groups excluding tert-OH is 1. The highest BCUT2D eigenvalue weighted by Gasteiger charge is 2.75. The van der Waals surface area contributed by atoms with E-state index >= 15 is 0 Å². The Morgan fingerprint density at radius 2 is 2.16 bits per heavy atom. The molecule has 3 aliphatic rings. The van der Waals surface area contributed by atoms with Crippen LogP contribution in [0.5, 0.6) is 0 Å². The van der Waals surface area contributed by atoms with Gasteiger partial charge in [0.05, 0.1) is 30.1 Å². The number of esters is 1. The summed E-state index contributed by atoms with van der Waals surface area (Å²) in [6.07, 6.45) is 3.29. The molecule has 37 heavy (non-hydrogen) atoms. The third kappa shape index (κ3) is 4.10. The van der Waals surface area contributed by atoms with Crippen molar-refractivity contribution in [3.8, 4) is 0 Å². The fourth-order valence-corrected chi connectivity index (χ4v) is 6.30. The number of nitrogens with zero attached hydrogens (tertiary/aromatic N) is 5. The number of hydrogen-bond acceptors (Lipinski definition) is 8. The van der Waals surface area contributed by atoms with Gasteiger partial charge in [-0.05, 0) is 44.7 Å². The molecular formula is C26H33N5O6. The van der Waals surface area contributed by atoms with Crippen LogP contribution in [0.15, 0.2) is 36.9 Å². The number of para-hydroxylation sites is 1. The predicted octanol–water partition coefficient (Wildman–Crippen LogP) is 1.11. The van der Waals surface area contributed by atoms with Crippen LogP contribution in [-0.4, -0.2) is 91.7 Å². The number of aromatic nitrogens is 3. The zero-order valence-corrected chi connectivity index (χ0v) is 21.0. The summed E-state index contributed by atoms with van der Waals surface area (Å²) in [5, 5.41) is 17.7. The molecule has 11 nitrogen and oxygen atoms in total. The molecule has 0 aliphatic carbocycles. The molecule has 4 heterocycles. The maximum atomic E-state index is 14.3. The summed E-state index contributed by atoms with van der Waals surface area (Å²) in [7, 11) is 0. The van der Waals surface area contributed by atoms with E-state index < -0.39 is 35.6 Å². The van der Waals surface area contributed by atoms with Crippen molar-refractivity contribution in [2.24, 2.45) is 11.8 Å². The molecule has 11 heteroatoms. The van der Waals surface area contributed by atoms with Crippen molar-refractivity contribution in [1.82, 2.24) is 24.8 Å². The van der Waals surface area contributed by atoms with Gasteiger partial charge >= 0.3 is 5.97 Å². The number of ether oxygens (including phenoxy) is 2. The van der Waals surface area contributed by atoms with Crippen LogP contribution >= 0.6 is 0 Å². The van der Waals surface area contributed by atoms with Crippen molar-refractivity contribution < 1.29 is 29.0 Å². The SMILES string of the molecule is C=CCN(Cn1nnc2ccccc21)C(=O)C1N(CCCCO)C(=O)[C@@H]2[C@H](C(=O)OCC)[C@@H]3CCC12O3. The number of amides is 2. The first-order chi connectivity index (χ1) is 18.0. The number of likely N-dealkylation sites (tertiary alicyclic amines) is 1. The van der Waals surface area contributed by atoms with E-state index in [0.29, 0.717) is 31.2 Å². The summed E-state index contributed by atoms with van der Waals surface area (Å²) in [6.45, 7) is 6.38. The number of hydrogen-bond donors (Lipinski definition) is 1. The zero-order chi connectivity index (χ0) is 26.2. The van der Waals surface area contributed by atoms with Crippen molar-refractivity contribution in [2.75, 3.05) is 26.3 Å². The smallest absolute Gasteiger partial charge is 0.312 e. The fourth-order valence-electron chi connectivity index (χ4n) is 6.30. The minimum Gasteiger partial charge on any atom is -0.466 e. The maximum absolute atomic E-state index is 14.3. The topological polar surface area (TPSA) is 127 Å². The normalized spacial score (nSPS) is 28.1. The van der Waals surface area contributed by atoms with Gasteiger partial charge < -0.3 is 24.4 Å². The molecule has 1 aromatic carbocycles. The van der Waals surface area contributed by atoms with E-state index in [0.717, 1.165) is 5.52 Å². The van der Waals surface area contributed by atoms with E-state index in [2.05, 4.69) is 16.9 Å². The van der Waals surface area contributed by atoms with Crippen LogP contribution < -0.4 is 0 Å². The van der Waals surface area contributed by atoms with Crippen molar-refractivity contribution in [2.45, 2.75) is 57.0 Å². The Labute approximate surface area is 215 Å². The lowest BCUT2D eigenvalue weighted by molar-refractivity contribution is -0.155. The van der Waals surface area contributed by atoms with E-state index in [1.54, 1.807) is 27.5 Å². The molecule has 2 unspecified atom stereocenters. The molecular weight excluding hydrogens is 478 g/mol. The Kier molecular flexibility index (Phi) is 7.00. The van der Waals surface area contributed by atoms with Crippen LogP contribution in [0.1, 0.15) is 32.6 Å². The molecule has 1 spiro atoms. The van der Waals surface area contributed by atoms with Crippen molar-refractivity contribution in [3.63, 3.8) is 0 Å². The van der Waals surface area contributed by atoms with Gasteiger partial charge in [0, 0.05) is 19.7 Å². The maximum Gasteiger partial charge on any atom is 0.312 e. The minimum atomic E-state index is -1.10. The summed E-state index contributed by atoms with van der Waals surface area (Å²) in [5.74, 6) is -2.50. The van der Waals surface area contributed by atoms with Gasteiger partial charge in [0.15, 0.2) is 0 Å². The molecule has 0 saturated carbocycles. The monoisotopic (exact) mass is 511 g/mol. The highest BCUT2D eigenvalue weighted by Crippen LogP contribution is 2.58. The highest BCUT2D eigenvalue weighted by atomic mass is 16.6. The third-order valence-electron chi connectivity index (χ3n) is 7.79. The first-order valence-electron chi connectivity index (χ1n) is 12.9. The number of unbranched alkanes of at least 4 members (excludes halogenated alkanes) is 1. The second-order valence-corrected chi connectivity index (χ2v) is 9.84. The first-order valence-corrected chi connectivity index (χ1v) is 12.9. The number of carbonyl (C=O) groups is 3. The van der Waals surface area contributed by atoms with Gasteiger partial charge in [-0.15, -0.1) is 11.7 Å². The number of benzene rings is 1. The van der Waals surface area contributed by atoms with E-state index in [9.17, 15) is 19.5 Å². The van der Waals surface area contributed by atoms with Crippen LogP contribution in [0.4, 0.5) is 0 Å². The lowest BCUT2D eigenvalue weighted by Crippen LogP contribution is -2.56. The van der Waals surface area contributed by atoms with Crippen molar-refractivity contribution in [3.05, 3.63) is 36.9 Å². The zero-order valence-electron chi connectivity index (χ0n) is 21.0. The lowest BCUT2D eigenvalue weighted by atomic mass is 9.70. The Bertz CT molecular complexity index is 1200. The molecule has 1 N–H and O–H groups in total. The molecule has 2 bridgehead atoms. The quantitative estimate of drug-likeness (QED) is 0.270. The van der Waals surface area contributed by atoms with Gasteiger partial charge in [0.25, 0.3) is 0 Å². The molecule has 1 aromatic heterocycles. The Morgan fingerprint density at radius 3 is 2.92 bits per heavy atom. The first kappa shape index (κ1) is 25.3. The van der Waals surface area contributed by atoms with Crippen LogP contribution in [-0.2, 0) is 30.5 Å². The summed E-state index contributed by atoms with van der Waals surface area (Å²) < 4.78 is 13.4. The van der Waals surface area contributed by atoms with Crippen LogP contribution in [0.25, 0.3) is 11.0 Å². The standard InChI is InChI=1S/C26H33N5O6/c1-3-13-29(16-31-18-10-6-5-9-17(18)27-28-31)24(34)22-26-12-11-19(37-26)20(25(35)36-4-2)21(26)23(33)30(22)14-7-8-15-32/h3,5-6,9-10,19-22,32H,1,4,7-8,11-16H2,2H3/t19-,20+,21-,22?,26?/m0/s1. The number of fused-ring (bicyclic) bond motifs is 2. The van der Waals surface area contributed by atoms with Crippen molar-refractivity contribution >= 4 is 28.8 Å². The van der Waals surface area contributed by atoms with Gasteiger partial charge in [-0.1, -0.05) is 23.4 Å². The van der Waals surface area contributed by atoms with Gasteiger partial charge in [-0.3, -0.25) is 14.4 Å². The average Bonchev–Trinajstić information content (AvgIpc) is 3.64. The highest BCUT2D eigenvalue weighted by molar-refractivity contribution is 5.98. The summed E-state index contributed by atoms with van der Waals surface area (Å²) in [4.78, 5) is 44.2. The van der Waals surface area contributed by atoms with Crippen molar-refractivity contribution in [1.29, 1.82) is 0 Å². The second kappa shape index (κ2) is 10.2. The Hall–Kier alpha value is -3.31. The Morgan fingerprint density at radius 1 is 1.35 bits per heavy atom. The van der Waals surface area contributed by atoms with Crippen LogP contribution in [0.3, 0.4) is 0 Å². The molecule has 3 fully saturated rings. The van der Waals surface area contributed by atoms with Gasteiger partial charge in [0.1, 0.15) is 23.8 Å². The van der Waals surface area contributed by atoms with Gasteiger partial charge in [-0.25, -0.2) is 4.68 Å². The van der Waals surface area contributed by atoms with E-state index in [1.165, 1.54) is 0 Å². The predicted molar refractivity (Wildman–Crippen MR) is 132 cm³/mol. The minimum absolute atomic E-state index is 0.0127. The molecule has 2 amide bonds. The third-order valence-corrected chi connectivity index (χ3v) is 7.79. The van der Waals surface area contributed by atoms with Gasteiger partial charge in [-0.2, -0.15) is 0 Å². The number of rotatable bonds is 11. The molecule has 3 saturated heterocycles. The summed E-state index contributed by atoms with van der Waals surface area (Å²) in [6, 6.07) is 6.58. The second-order valence-electron chi connectivity index (χ2n) is 9.84. The lowest BCUT2D eigenvalue weighted by Gasteiger charge is -2.36. The largest absolute Gasteiger partial charge is 0.466 e. The summed E-state index contributed by atoms with van der Waals surface area (Å²) in [5.41, 5.74) is 0.395. The Balaban J connectivity index is 1.50.